The SMILES string of the molecule is CC1C(=O)N(NC(=O)[C@H](C)NC(=O)Cc2ccc(C(F)(F)F)cc2)c2ccccc2-c2ccccc21. The molecule has 0 aliphatic carbocycles. The van der Waals surface area contributed by atoms with Crippen molar-refractivity contribution in [1.29, 1.82) is 0 Å². The number of hydrogen-bond acceptors (Lipinski definition) is 3. The minimum absolute atomic E-state index is 0.201. The van der Waals surface area contributed by atoms with Crippen molar-refractivity contribution >= 4 is 23.4 Å². The zero-order chi connectivity index (χ0) is 26.0. The summed E-state index contributed by atoms with van der Waals surface area (Å²) in [6.45, 7) is 3.23. The Bertz CT molecular complexity index is 1310. The third-order valence-electron chi connectivity index (χ3n) is 6.09. The lowest BCUT2D eigenvalue weighted by molar-refractivity contribution is -0.137. The molecule has 1 aliphatic rings. The molecule has 9 heteroatoms. The van der Waals surface area contributed by atoms with Gasteiger partial charge in [0.1, 0.15) is 6.04 Å². The third kappa shape index (κ3) is 5.10. The molecule has 0 saturated carbocycles. The van der Waals surface area contributed by atoms with Crippen molar-refractivity contribution in [3.63, 3.8) is 0 Å². The van der Waals surface area contributed by atoms with E-state index in [2.05, 4.69) is 10.7 Å². The van der Waals surface area contributed by atoms with Gasteiger partial charge in [-0.1, -0.05) is 54.6 Å². The van der Waals surface area contributed by atoms with Crippen molar-refractivity contribution in [2.75, 3.05) is 5.01 Å². The summed E-state index contributed by atoms with van der Waals surface area (Å²) in [7, 11) is 0. The summed E-state index contributed by atoms with van der Waals surface area (Å²) in [4.78, 5) is 38.7. The lowest BCUT2D eigenvalue weighted by Gasteiger charge is -2.27. The normalized spacial score (nSPS) is 15.9. The van der Waals surface area contributed by atoms with Gasteiger partial charge in [-0.3, -0.25) is 19.8 Å². The fourth-order valence-electron chi connectivity index (χ4n) is 4.14. The molecular formula is C27H24F3N3O3. The maximum absolute atomic E-state index is 13.3. The van der Waals surface area contributed by atoms with Gasteiger partial charge in [0, 0.05) is 5.56 Å². The zero-order valence-corrected chi connectivity index (χ0v) is 19.6. The molecule has 1 heterocycles. The van der Waals surface area contributed by atoms with Crippen LogP contribution < -0.4 is 15.8 Å². The van der Waals surface area contributed by atoms with Crippen LogP contribution in [0.5, 0.6) is 0 Å². The van der Waals surface area contributed by atoms with Crippen LogP contribution in [0.25, 0.3) is 11.1 Å². The first-order valence-corrected chi connectivity index (χ1v) is 11.3. The van der Waals surface area contributed by atoms with Crippen LogP contribution in [-0.4, -0.2) is 23.8 Å². The highest BCUT2D eigenvalue weighted by Crippen LogP contribution is 2.40. The van der Waals surface area contributed by atoms with E-state index in [0.29, 0.717) is 11.3 Å². The molecule has 36 heavy (non-hydrogen) atoms. The number of nitrogens with one attached hydrogen (secondary N) is 2. The Morgan fingerprint density at radius 1 is 0.944 bits per heavy atom. The third-order valence-corrected chi connectivity index (χ3v) is 6.09. The van der Waals surface area contributed by atoms with E-state index in [0.717, 1.165) is 28.8 Å². The first-order chi connectivity index (χ1) is 17.1. The minimum Gasteiger partial charge on any atom is -0.344 e. The molecule has 3 aromatic rings. The van der Waals surface area contributed by atoms with Crippen molar-refractivity contribution in [1.82, 2.24) is 10.7 Å². The quantitative estimate of drug-likeness (QED) is 0.543. The fourth-order valence-corrected chi connectivity index (χ4v) is 4.14. The van der Waals surface area contributed by atoms with Gasteiger partial charge in [0.2, 0.25) is 5.91 Å². The summed E-state index contributed by atoms with van der Waals surface area (Å²) >= 11 is 0. The van der Waals surface area contributed by atoms with Crippen molar-refractivity contribution in [2.24, 2.45) is 0 Å². The molecule has 0 fully saturated rings. The van der Waals surface area contributed by atoms with Gasteiger partial charge in [-0.25, -0.2) is 5.01 Å². The largest absolute Gasteiger partial charge is 0.416 e. The second-order valence-corrected chi connectivity index (χ2v) is 8.64. The van der Waals surface area contributed by atoms with Gasteiger partial charge in [0.25, 0.3) is 11.8 Å². The summed E-state index contributed by atoms with van der Waals surface area (Å²) in [6.07, 6.45) is -4.66. The van der Waals surface area contributed by atoms with Gasteiger partial charge in [0.05, 0.1) is 23.6 Å². The zero-order valence-electron chi connectivity index (χ0n) is 19.6. The van der Waals surface area contributed by atoms with Gasteiger partial charge in [-0.05, 0) is 48.7 Å². The number of hydrazine groups is 1. The smallest absolute Gasteiger partial charge is 0.344 e. The van der Waals surface area contributed by atoms with Gasteiger partial charge >= 0.3 is 6.18 Å². The van der Waals surface area contributed by atoms with Crippen LogP contribution in [0.2, 0.25) is 0 Å². The monoisotopic (exact) mass is 495 g/mol. The van der Waals surface area contributed by atoms with Crippen LogP contribution >= 0.6 is 0 Å². The summed E-state index contributed by atoms with van der Waals surface area (Å²) in [5.74, 6) is -2.01. The number of rotatable bonds is 5. The summed E-state index contributed by atoms with van der Waals surface area (Å²) < 4.78 is 38.2. The highest BCUT2D eigenvalue weighted by atomic mass is 19.4. The standard InChI is InChI=1S/C27H24F3N3O3/c1-16-20-7-3-4-8-21(20)22-9-5-6-10-23(22)33(26(16)36)32-25(35)17(2)31-24(34)15-18-11-13-19(14-12-18)27(28,29)30/h3-14,16-17H,15H2,1-2H3,(H,31,34)(H,32,35)/t16?,17-/m0/s1. The number of anilines is 1. The molecule has 6 nitrogen and oxygen atoms in total. The number of halogens is 3. The summed E-state index contributed by atoms with van der Waals surface area (Å²) in [5, 5.41) is 3.74. The van der Waals surface area contributed by atoms with Crippen molar-refractivity contribution in [3.8, 4) is 11.1 Å². The molecule has 3 amide bonds. The first kappa shape index (κ1) is 25.0. The highest BCUT2D eigenvalue weighted by molar-refractivity contribution is 6.06. The van der Waals surface area contributed by atoms with E-state index in [4.69, 9.17) is 0 Å². The maximum Gasteiger partial charge on any atom is 0.416 e. The lowest BCUT2D eigenvalue weighted by Crippen LogP contribution is -2.54. The van der Waals surface area contributed by atoms with E-state index in [1.807, 2.05) is 36.4 Å². The Labute approximate surface area is 206 Å². The number of hydrogen-bond donors (Lipinski definition) is 2. The number of fused-ring (bicyclic) bond motifs is 3. The van der Waals surface area contributed by atoms with Crippen molar-refractivity contribution in [3.05, 3.63) is 89.5 Å². The van der Waals surface area contributed by atoms with E-state index in [1.54, 1.807) is 19.1 Å². The number of para-hydroxylation sites is 1. The Kier molecular flexibility index (Phi) is 6.83. The topological polar surface area (TPSA) is 78.5 Å². The Morgan fingerprint density at radius 3 is 2.22 bits per heavy atom. The van der Waals surface area contributed by atoms with Crippen LogP contribution in [0, 0.1) is 0 Å². The van der Waals surface area contributed by atoms with E-state index in [1.165, 1.54) is 24.1 Å². The number of alkyl halides is 3. The predicted molar refractivity (Wildman–Crippen MR) is 129 cm³/mol. The molecule has 0 aromatic heterocycles. The van der Waals surface area contributed by atoms with Gasteiger partial charge in [-0.15, -0.1) is 0 Å². The molecule has 1 unspecified atom stereocenters. The molecule has 186 valence electrons. The average molecular weight is 496 g/mol. The predicted octanol–water partition coefficient (Wildman–Crippen LogP) is 4.60. The maximum atomic E-state index is 13.3. The second kappa shape index (κ2) is 9.85. The molecule has 0 radical (unpaired) electrons. The van der Waals surface area contributed by atoms with Crippen LogP contribution in [0.1, 0.15) is 36.5 Å². The van der Waals surface area contributed by atoms with E-state index in [-0.39, 0.29) is 12.3 Å². The summed E-state index contributed by atoms with van der Waals surface area (Å²) in [6, 6.07) is 18.0. The number of carbonyl (C=O) groups is 3. The van der Waals surface area contributed by atoms with Crippen LogP contribution in [0.3, 0.4) is 0 Å². The van der Waals surface area contributed by atoms with Crippen LogP contribution in [0.15, 0.2) is 72.8 Å². The summed E-state index contributed by atoms with van der Waals surface area (Å²) in [5.41, 5.74) is 5.22. The molecular weight excluding hydrogens is 471 g/mol. The van der Waals surface area contributed by atoms with Crippen molar-refractivity contribution in [2.45, 2.75) is 38.4 Å². The van der Waals surface area contributed by atoms with E-state index >= 15 is 0 Å². The molecule has 3 aromatic carbocycles. The molecule has 0 saturated heterocycles. The number of amides is 3. The van der Waals surface area contributed by atoms with Crippen LogP contribution in [0.4, 0.5) is 18.9 Å². The first-order valence-electron chi connectivity index (χ1n) is 11.3. The fraction of sp³-hybridized carbons (Fsp3) is 0.222. The molecule has 2 atom stereocenters. The van der Waals surface area contributed by atoms with Gasteiger partial charge in [-0.2, -0.15) is 13.2 Å². The van der Waals surface area contributed by atoms with Crippen LogP contribution in [-0.2, 0) is 27.0 Å². The van der Waals surface area contributed by atoms with Crippen molar-refractivity contribution < 1.29 is 27.6 Å². The number of carbonyl (C=O) groups excluding carboxylic acids is 3. The highest BCUT2D eigenvalue weighted by Gasteiger charge is 2.33. The molecule has 0 bridgehead atoms. The Balaban J connectivity index is 1.47. The van der Waals surface area contributed by atoms with E-state index in [9.17, 15) is 27.6 Å². The van der Waals surface area contributed by atoms with E-state index < -0.39 is 35.5 Å². The Morgan fingerprint density at radius 2 is 1.56 bits per heavy atom. The van der Waals surface area contributed by atoms with Gasteiger partial charge < -0.3 is 5.32 Å². The lowest BCUT2D eigenvalue weighted by atomic mass is 9.92. The number of nitrogens with zero attached hydrogens (tertiary/aromatic N) is 1. The molecule has 4 rings (SSSR count). The molecule has 1 aliphatic heterocycles. The van der Waals surface area contributed by atoms with Gasteiger partial charge in [0.15, 0.2) is 0 Å². The average Bonchev–Trinajstić information content (AvgIpc) is 2.93. The Hall–Kier alpha value is -4.14. The minimum atomic E-state index is -4.46. The molecule has 0 spiro atoms. The number of benzene rings is 3. The molecule has 2 N–H and O–H groups in total. The second-order valence-electron chi connectivity index (χ2n) is 8.64.